The largest absolute Gasteiger partial charge is 0.481 e. The number of amides is 2. The highest BCUT2D eigenvalue weighted by Gasteiger charge is 2.29. The maximum Gasteiger partial charge on any atom is 0.307 e. The first-order chi connectivity index (χ1) is 15.4. The van der Waals surface area contributed by atoms with E-state index in [-0.39, 0.29) is 36.6 Å². The summed E-state index contributed by atoms with van der Waals surface area (Å²) in [6.45, 7) is 0.651. The van der Waals surface area contributed by atoms with E-state index in [1.807, 2.05) is 30.3 Å². The number of carboxylic acids is 1. The Labute approximate surface area is 200 Å². The van der Waals surface area contributed by atoms with Gasteiger partial charge >= 0.3 is 5.97 Å². The Morgan fingerprint density at radius 2 is 1.58 bits per heavy atom. The van der Waals surface area contributed by atoms with E-state index in [9.17, 15) is 14.4 Å². The van der Waals surface area contributed by atoms with Gasteiger partial charge in [-0.15, -0.1) is 12.4 Å². The van der Waals surface area contributed by atoms with Crippen LogP contribution < -0.4 is 16.4 Å². The van der Waals surface area contributed by atoms with Crippen molar-refractivity contribution in [2.75, 3.05) is 11.9 Å². The van der Waals surface area contributed by atoms with Gasteiger partial charge in [0.05, 0.1) is 6.42 Å². The Morgan fingerprint density at radius 3 is 2.15 bits per heavy atom. The molecule has 1 aliphatic rings. The van der Waals surface area contributed by atoms with Crippen LogP contribution in [0.3, 0.4) is 0 Å². The molecule has 1 fully saturated rings. The van der Waals surface area contributed by atoms with Crippen LogP contribution in [-0.4, -0.2) is 35.5 Å². The first-order valence-electron chi connectivity index (χ1n) is 11.1. The SMILES string of the molecule is Cl.NCC1CCC(C(=O)NC(Cc2ccccc2)C(=O)Nc2ccc(CC(=O)O)cc2)CC1. The predicted molar refractivity (Wildman–Crippen MR) is 130 cm³/mol. The molecule has 0 radical (unpaired) electrons. The van der Waals surface area contributed by atoms with Crippen LogP contribution in [0.15, 0.2) is 54.6 Å². The number of hydrogen-bond acceptors (Lipinski definition) is 4. The molecular weight excluding hydrogens is 442 g/mol. The van der Waals surface area contributed by atoms with Crippen molar-refractivity contribution in [1.29, 1.82) is 0 Å². The molecule has 2 aromatic carbocycles. The molecule has 7 nitrogen and oxygen atoms in total. The summed E-state index contributed by atoms with van der Waals surface area (Å²) in [5.41, 5.74) is 7.92. The number of carbonyl (C=O) groups excluding carboxylic acids is 2. The number of halogens is 1. The topological polar surface area (TPSA) is 122 Å². The molecule has 2 aromatic rings. The van der Waals surface area contributed by atoms with Gasteiger partial charge in [-0.3, -0.25) is 14.4 Å². The van der Waals surface area contributed by atoms with Crippen molar-refractivity contribution in [3.63, 3.8) is 0 Å². The molecule has 8 heteroatoms. The van der Waals surface area contributed by atoms with E-state index in [1.165, 1.54) is 0 Å². The summed E-state index contributed by atoms with van der Waals surface area (Å²) in [7, 11) is 0. The molecule has 0 aromatic heterocycles. The van der Waals surface area contributed by atoms with Crippen LogP contribution in [-0.2, 0) is 27.2 Å². The maximum atomic E-state index is 13.1. The minimum atomic E-state index is -0.909. The van der Waals surface area contributed by atoms with Gasteiger partial charge in [-0.1, -0.05) is 42.5 Å². The van der Waals surface area contributed by atoms with Crippen LogP contribution >= 0.6 is 12.4 Å². The van der Waals surface area contributed by atoms with Gasteiger partial charge in [0.2, 0.25) is 11.8 Å². The molecule has 0 heterocycles. The van der Waals surface area contributed by atoms with E-state index < -0.39 is 12.0 Å². The lowest BCUT2D eigenvalue weighted by Crippen LogP contribution is -2.48. The van der Waals surface area contributed by atoms with E-state index in [4.69, 9.17) is 10.8 Å². The number of carboxylic acid groups (broad SMARTS) is 1. The molecular formula is C25H32ClN3O4. The van der Waals surface area contributed by atoms with Gasteiger partial charge in [0, 0.05) is 18.0 Å². The second-order valence-corrected chi connectivity index (χ2v) is 8.46. The van der Waals surface area contributed by atoms with Crippen molar-refractivity contribution in [2.24, 2.45) is 17.6 Å². The molecule has 1 unspecified atom stereocenters. The summed E-state index contributed by atoms with van der Waals surface area (Å²) in [5, 5.41) is 14.7. The third-order valence-electron chi connectivity index (χ3n) is 6.04. The second kappa shape index (κ2) is 13.0. The molecule has 1 atom stereocenters. The third-order valence-corrected chi connectivity index (χ3v) is 6.04. The number of aliphatic carboxylic acids is 1. The Morgan fingerprint density at radius 1 is 0.939 bits per heavy atom. The quantitative estimate of drug-likeness (QED) is 0.445. The maximum absolute atomic E-state index is 13.1. The number of nitrogens with one attached hydrogen (secondary N) is 2. The van der Waals surface area contributed by atoms with Gasteiger partial charge in [0.25, 0.3) is 0 Å². The summed E-state index contributed by atoms with van der Waals surface area (Å²) < 4.78 is 0. The standard InChI is InChI=1S/C25H31N3O4.ClH/c26-16-19-6-10-20(11-7-19)24(31)28-22(14-17-4-2-1-3-5-17)25(32)27-21-12-8-18(9-13-21)15-23(29)30;/h1-5,8-9,12-13,19-20,22H,6-7,10-11,14-16,26H2,(H,27,32)(H,28,31)(H,29,30);1H. The first-order valence-corrected chi connectivity index (χ1v) is 11.1. The zero-order valence-electron chi connectivity index (χ0n) is 18.5. The van der Waals surface area contributed by atoms with Gasteiger partial charge in [0.1, 0.15) is 6.04 Å². The second-order valence-electron chi connectivity index (χ2n) is 8.46. The summed E-state index contributed by atoms with van der Waals surface area (Å²) in [5.74, 6) is -0.921. The Balaban J connectivity index is 0.00000385. The van der Waals surface area contributed by atoms with Crippen molar-refractivity contribution in [1.82, 2.24) is 5.32 Å². The first kappa shape index (κ1) is 26.4. The van der Waals surface area contributed by atoms with Crippen LogP contribution in [0.4, 0.5) is 5.69 Å². The number of nitrogens with two attached hydrogens (primary N) is 1. The number of hydrogen-bond donors (Lipinski definition) is 4. The highest BCUT2D eigenvalue weighted by molar-refractivity contribution is 5.97. The van der Waals surface area contributed by atoms with Crippen molar-refractivity contribution < 1.29 is 19.5 Å². The van der Waals surface area contributed by atoms with Gasteiger partial charge in [-0.2, -0.15) is 0 Å². The van der Waals surface area contributed by atoms with Crippen LogP contribution in [0, 0.1) is 11.8 Å². The molecule has 0 spiro atoms. The van der Waals surface area contributed by atoms with Gasteiger partial charge < -0.3 is 21.5 Å². The summed E-state index contributed by atoms with van der Waals surface area (Å²) in [6, 6.07) is 15.6. The van der Waals surface area contributed by atoms with Gasteiger partial charge in [-0.05, 0) is 61.4 Å². The lowest BCUT2D eigenvalue weighted by molar-refractivity contribution is -0.136. The Kier molecular flexibility index (Phi) is 10.4. The molecule has 3 rings (SSSR count). The van der Waals surface area contributed by atoms with E-state index in [2.05, 4.69) is 10.6 Å². The van der Waals surface area contributed by atoms with Crippen molar-refractivity contribution in [3.8, 4) is 0 Å². The van der Waals surface area contributed by atoms with Gasteiger partial charge in [-0.25, -0.2) is 0 Å². The van der Waals surface area contributed by atoms with Crippen LogP contribution in [0.2, 0.25) is 0 Å². The Bertz CT molecular complexity index is 913. The minimum Gasteiger partial charge on any atom is -0.481 e. The summed E-state index contributed by atoms with van der Waals surface area (Å²) in [6.07, 6.45) is 3.76. The van der Waals surface area contributed by atoms with Crippen molar-refractivity contribution >= 4 is 35.9 Å². The Hall–Kier alpha value is -2.90. The van der Waals surface area contributed by atoms with Crippen LogP contribution in [0.25, 0.3) is 0 Å². The average Bonchev–Trinajstić information content (AvgIpc) is 2.80. The monoisotopic (exact) mass is 473 g/mol. The number of benzene rings is 2. The highest BCUT2D eigenvalue weighted by atomic mass is 35.5. The lowest BCUT2D eigenvalue weighted by atomic mass is 9.81. The predicted octanol–water partition coefficient (Wildman–Crippen LogP) is 3.17. The molecule has 178 valence electrons. The zero-order chi connectivity index (χ0) is 22.9. The fraction of sp³-hybridized carbons (Fsp3) is 0.400. The summed E-state index contributed by atoms with van der Waals surface area (Å²) >= 11 is 0. The van der Waals surface area contributed by atoms with Crippen molar-refractivity contribution in [3.05, 3.63) is 65.7 Å². The molecule has 2 amide bonds. The molecule has 1 aliphatic carbocycles. The minimum absolute atomic E-state index is 0. The smallest absolute Gasteiger partial charge is 0.307 e. The summed E-state index contributed by atoms with van der Waals surface area (Å²) in [4.78, 5) is 36.8. The van der Waals surface area contributed by atoms with Crippen LogP contribution in [0.1, 0.15) is 36.8 Å². The normalized spacial score (nSPS) is 18.5. The van der Waals surface area contributed by atoms with Gasteiger partial charge in [0.15, 0.2) is 0 Å². The third kappa shape index (κ3) is 8.18. The number of anilines is 1. The highest BCUT2D eigenvalue weighted by Crippen LogP contribution is 2.28. The van der Waals surface area contributed by atoms with E-state index >= 15 is 0 Å². The number of carbonyl (C=O) groups is 3. The number of rotatable bonds is 9. The average molecular weight is 474 g/mol. The molecule has 1 saturated carbocycles. The molecule has 33 heavy (non-hydrogen) atoms. The van der Waals surface area contributed by atoms with E-state index in [1.54, 1.807) is 24.3 Å². The fourth-order valence-corrected chi connectivity index (χ4v) is 4.12. The molecule has 0 saturated heterocycles. The zero-order valence-corrected chi connectivity index (χ0v) is 19.4. The molecule has 0 bridgehead atoms. The molecule has 5 N–H and O–H groups in total. The van der Waals surface area contributed by atoms with Crippen molar-refractivity contribution in [2.45, 2.75) is 44.6 Å². The fourth-order valence-electron chi connectivity index (χ4n) is 4.12. The van der Waals surface area contributed by atoms with E-state index in [0.29, 0.717) is 30.1 Å². The van der Waals surface area contributed by atoms with E-state index in [0.717, 1.165) is 31.2 Å². The lowest BCUT2D eigenvalue weighted by Gasteiger charge is -2.28. The molecule has 0 aliphatic heterocycles. The van der Waals surface area contributed by atoms with Crippen LogP contribution in [0.5, 0.6) is 0 Å².